The molecule has 4 amide bonds. The Labute approximate surface area is 239 Å². The SMILES string of the molecule is Cc1nc(C(N)=O)c(CCC#Cc2cccc3c2CN(C2CCC(=O)NC2=O)C3=O)cc1B1OC(C)(C)C(C)(C)O1. The number of rotatable bonds is 5. The number of piperidine rings is 1. The lowest BCUT2D eigenvalue weighted by molar-refractivity contribution is -0.136. The third-order valence-corrected chi connectivity index (χ3v) is 8.40. The van der Waals surface area contributed by atoms with Crippen molar-refractivity contribution in [1.29, 1.82) is 0 Å². The first-order chi connectivity index (χ1) is 19.3. The number of fused-ring (bicyclic) bond motifs is 1. The van der Waals surface area contributed by atoms with Gasteiger partial charge in [-0.3, -0.25) is 24.5 Å². The molecule has 0 bridgehead atoms. The second-order valence-electron chi connectivity index (χ2n) is 11.7. The molecule has 0 saturated carbocycles. The lowest BCUT2D eigenvalue weighted by Gasteiger charge is -2.32. The summed E-state index contributed by atoms with van der Waals surface area (Å²) >= 11 is 0. The van der Waals surface area contributed by atoms with Crippen LogP contribution in [0.15, 0.2) is 24.3 Å². The van der Waals surface area contributed by atoms with Crippen LogP contribution in [0.2, 0.25) is 0 Å². The number of nitrogens with zero attached hydrogens (tertiary/aromatic N) is 2. The minimum Gasteiger partial charge on any atom is -0.399 e. The van der Waals surface area contributed by atoms with Crippen LogP contribution < -0.4 is 16.5 Å². The quantitative estimate of drug-likeness (QED) is 0.323. The molecule has 2 aromatic rings. The smallest absolute Gasteiger partial charge is 0.399 e. The van der Waals surface area contributed by atoms with Crippen LogP contribution in [0.3, 0.4) is 0 Å². The molecule has 212 valence electrons. The van der Waals surface area contributed by atoms with Crippen molar-refractivity contribution < 1.29 is 28.5 Å². The van der Waals surface area contributed by atoms with Crippen LogP contribution in [0.1, 0.15) is 90.2 Å². The number of hydrogen-bond donors (Lipinski definition) is 2. The van der Waals surface area contributed by atoms with E-state index in [4.69, 9.17) is 15.0 Å². The highest BCUT2D eigenvalue weighted by Crippen LogP contribution is 2.37. The van der Waals surface area contributed by atoms with Crippen LogP contribution >= 0.6 is 0 Å². The van der Waals surface area contributed by atoms with E-state index in [2.05, 4.69) is 22.1 Å². The van der Waals surface area contributed by atoms with Gasteiger partial charge in [-0.2, -0.15) is 0 Å². The zero-order chi connectivity index (χ0) is 29.7. The largest absolute Gasteiger partial charge is 0.496 e. The zero-order valence-corrected chi connectivity index (χ0v) is 23.9. The Morgan fingerprint density at radius 3 is 2.56 bits per heavy atom. The van der Waals surface area contributed by atoms with Crippen molar-refractivity contribution in [3.05, 3.63) is 57.9 Å². The summed E-state index contributed by atoms with van der Waals surface area (Å²) in [7, 11) is -0.629. The molecule has 1 aromatic heterocycles. The Kier molecular flexibility index (Phi) is 7.26. The van der Waals surface area contributed by atoms with E-state index in [9.17, 15) is 19.2 Å². The number of nitrogens with two attached hydrogens (primary N) is 1. The number of amides is 4. The van der Waals surface area contributed by atoms with E-state index in [-0.39, 0.29) is 30.5 Å². The fourth-order valence-corrected chi connectivity index (χ4v) is 5.33. The number of imide groups is 1. The average Bonchev–Trinajstić information content (AvgIpc) is 3.33. The lowest BCUT2D eigenvalue weighted by atomic mass is 9.76. The van der Waals surface area contributed by atoms with Crippen LogP contribution in [0.5, 0.6) is 0 Å². The van der Waals surface area contributed by atoms with Gasteiger partial charge in [0.25, 0.3) is 11.8 Å². The maximum absolute atomic E-state index is 13.1. The maximum Gasteiger partial charge on any atom is 0.496 e. The highest BCUT2D eigenvalue weighted by Gasteiger charge is 2.52. The van der Waals surface area contributed by atoms with Crippen LogP contribution in [-0.2, 0) is 31.9 Å². The molecule has 5 rings (SSSR count). The summed E-state index contributed by atoms with van der Waals surface area (Å²) in [4.78, 5) is 55.2. The van der Waals surface area contributed by atoms with Crippen molar-refractivity contribution in [1.82, 2.24) is 15.2 Å². The van der Waals surface area contributed by atoms with E-state index in [1.54, 1.807) is 19.1 Å². The first-order valence-electron chi connectivity index (χ1n) is 13.7. The molecule has 2 fully saturated rings. The van der Waals surface area contributed by atoms with E-state index in [1.807, 2.05) is 39.8 Å². The summed E-state index contributed by atoms with van der Waals surface area (Å²) in [6.45, 7) is 9.94. The van der Waals surface area contributed by atoms with Crippen molar-refractivity contribution in [2.45, 2.75) is 84.1 Å². The number of carbonyl (C=O) groups is 4. The highest BCUT2D eigenvalue weighted by atomic mass is 16.7. The van der Waals surface area contributed by atoms with E-state index in [0.717, 1.165) is 11.0 Å². The van der Waals surface area contributed by atoms with E-state index < -0.39 is 36.2 Å². The predicted octanol–water partition coefficient (Wildman–Crippen LogP) is 1.53. The maximum atomic E-state index is 13.1. The van der Waals surface area contributed by atoms with Crippen LogP contribution in [0, 0.1) is 18.8 Å². The minimum atomic E-state index is -0.687. The minimum absolute atomic E-state index is 0.190. The number of carbonyl (C=O) groups excluding carboxylic acids is 4. The Hall–Kier alpha value is -4.01. The second-order valence-corrected chi connectivity index (χ2v) is 11.7. The summed E-state index contributed by atoms with van der Waals surface area (Å²) < 4.78 is 12.4. The second kappa shape index (κ2) is 10.4. The molecule has 2 saturated heterocycles. The fraction of sp³-hybridized carbons (Fsp3) is 0.433. The number of aromatic nitrogens is 1. The number of hydrogen-bond acceptors (Lipinski definition) is 7. The van der Waals surface area contributed by atoms with Crippen LogP contribution in [0.25, 0.3) is 0 Å². The van der Waals surface area contributed by atoms with Crippen molar-refractivity contribution in [2.75, 3.05) is 0 Å². The molecule has 1 aromatic carbocycles. The number of pyridine rings is 1. The molecule has 3 aliphatic rings. The van der Waals surface area contributed by atoms with Gasteiger partial charge in [0.1, 0.15) is 11.7 Å². The summed E-state index contributed by atoms with van der Waals surface area (Å²) in [6.07, 6.45) is 1.32. The molecule has 0 spiro atoms. The van der Waals surface area contributed by atoms with Crippen molar-refractivity contribution >= 4 is 36.2 Å². The molecule has 0 radical (unpaired) electrons. The molecule has 0 aliphatic carbocycles. The van der Waals surface area contributed by atoms with Gasteiger partial charge in [-0.1, -0.05) is 24.0 Å². The number of primary amides is 1. The third kappa shape index (κ3) is 5.25. The highest BCUT2D eigenvalue weighted by molar-refractivity contribution is 6.62. The Balaban J connectivity index is 1.34. The predicted molar refractivity (Wildman–Crippen MR) is 151 cm³/mol. The Morgan fingerprint density at radius 1 is 1.20 bits per heavy atom. The first kappa shape index (κ1) is 28.5. The van der Waals surface area contributed by atoms with Crippen LogP contribution in [0.4, 0.5) is 0 Å². The summed E-state index contributed by atoms with van der Waals surface area (Å²) in [5.41, 5.74) is 8.75. The zero-order valence-electron chi connectivity index (χ0n) is 23.9. The van der Waals surface area contributed by atoms with Gasteiger partial charge in [0.15, 0.2) is 0 Å². The molecule has 3 N–H and O–H groups in total. The first-order valence-corrected chi connectivity index (χ1v) is 13.7. The molecular formula is C30H33BN4O6. The van der Waals surface area contributed by atoms with E-state index in [1.165, 1.54) is 4.90 Å². The van der Waals surface area contributed by atoms with Crippen LogP contribution in [-0.4, -0.2) is 57.9 Å². The number of nitrogens with one attached hydrogen (secondary N) is 1. The van der Waals surface area contributed by atoms with Gasteiger partial charge in [-0.05, 0) is 70.7 Å². The average molecular weight is 556 g/mol. The summed E-state index contributed by atoms with van der Waals surface area (Å²) in [5, 5.41) is 2.32. The van der Waals surface area contributed by atoms with Gasteiger partial charge in [-0.15, -0.1) is 0 Å². The Bertz CT molecular complexity index is 1520. The van der Waals surface area contributed by atoms with Gasteiger partial charge in [0.05, 0.1) is 11.2 Å². The molecule has 41 heavy (non-hydrogen) atoms. The standard InChI is InChI=1S/C30H33BN4O6/c1-17-22(31-40-29(2,3)30(4,5)41-31)15-19(25(33-17)26(32)37)10-7-6-9-18-11-8-12-20-21(18)16-35(28(20)39)23-13-14-24(36)34-27(23)38/h8,11-12,15,23H,7,10,13-14,16H2,1-5H3,(H2,32,37)(H,34,36,38). The van der Waals surface area contributed by atoms with E-state index in [0.29, 0.717) is 41.6 Å². The lowest BCUT2D eigenvalue weighted by Crippen LogP contribution is -2.52. The van der Waals surface area contributed by atoms with Crippen molar-refractivity contribution in [3.8, 4) is 11.8 Å². The molecule has 1 atom stereocenters. The van der Waals surface area contributed by atoms with Crippen molar-refractivity contribution in [3.63, 3.8) is 0 Å². The Morgan fingerprint density at radius 2 is 1.90 bits per heavy atom. The molecule has 3 aliphatic heterocycles. The van der Waals surface area contributed by atoms with Gasteiger partial charge in [-0.25, -0.2) is 4.98 Å². The number of benzene rings is 1. The molecular weight excluding hydrogens is 523 g/mol. The normalized spacial score (nSPS) is 20.9. The topological polar surface area (TPSA) is 141 Å². The van der Waals surface area contributed by atoms with Gasteiger partial charge >= 0.3 is 7.12 Å². The third-order valence-electron chi connectivity index (χ3n) is 8.40. The monoisotopic (exact) mass is 556 g/mol. The van der Waals surface area contributed by atoms with Gasteiger partial charge in [0, 0.05) is 41.7 Å². The number of aryl methyl sites for hydroxylation is 2. The summed E-state index contributed by atoms with van der Waals surface area (Å²) in [6, 6.07) is 6.51. The fourth-order valence-electron chi connectivity index (χ4n) is 5.33. The summed E-state index contributed by atoms with van der Waals surface area (Å²) in [5.74, 6) is 4.67. The molecule has 10 nitrogen and oxygen atoms in total. The van der Waals surface area contributed by atoms with Crippen molar-refractivity contribution in [2.24, 2.45) is 5.73 Å². The van der Waals surface area contributed by atoms with Gasteiger partial charge in [0.2, 0.25) is 11.8 Å². The van der Waals surface area contributed by atoms with Gasteiger partial charge < -0.3 is 19.9 Å². The molecule has 4 heterocycles. The molecule has 1 unspecified atom stereocenters. The van der Waals surface area contributed by atoms with E-state index >= 15 is 0 Å². The molecule has 11 heteroatoms.